The Bertz CT molecular complexity index is 96.6. The Kier molecular flexibility index (Phi) is 1.56. The lowest BCUT2D eigenvalue weighted by atomic mass is 9.99. The van der Waals surface area contributed by atoms with Crippen LogP contribution >= 0.6 is 0 Å². The van der Waals surface area contributed by atoms with Crippen LogP contribution < -0.4 is 5.32 Å². The fourth-order valence-electron chi connectivity index (χ4n) is 1.09. The van der Waals surface area contributed by atoms with Gasteiger partial charge in [0.25, 0.3) is 0 Å². The maximum Gasteiger partial charge on any atom is 0.0146 e. The van der Waals surface area contributed by atoms with Crippen molar-refractivity contribution >= 4 is 0 Å². The summed E-state index contributed by atoms with van der Waals surface area (Å²) < 4.78 is 0. The molecule has 1 heterocycles. The third-order valence-electron chi connectivity index (χ3n) is 1.61. The van der Waals surface area contributed by atoms with Crippen molar-refractivity contribution in [2.45, 2.75) is 19.8 Å². The zero-order valence-corrected chi connectivity index (χ0v) is 5.41. The standard InChI is InChI=1S/C7H13N/c1-6-3-4-8-7(2)5-6/h6,8H,2-5H2,1H3. The molecule has 0 aromatic heterocycles. The summed E-state index contributed by atoms with van der Waals surface area (Å²) in [7, 11) is 0. The lowest BCUT2D eigenvalue weighted by Gasteiger charge is -2.21. The molecular weight excluding hydrogens is 98.1 g/mol. The second kappa shape index (κ2) is 2.21. The molecule has 0 aliphatic carbocycles. The summed E-state index contributed by atoms with van der Waals surface area (Å²) in [5.74, 6) is 0.851. The summed E-state index contributed by atoms with van der Waals surface area (Å²) in [5.41, 5.74) is 1.21. The number of piperidine rings is 1. The van der Waals surface area contributed by atoms with E-state index in [4.69, 9.17) is 0 Å². The first-order chi connectivity index (χ1) is 3.79. The highest BCUT2D eigenvalue weighted by Crippen LogP contribution is 2.15. The Balaban J connectivity index is 2.34. The van der Waals surface area contributed by atoms with Gasteiger partial charge in [0.1, 0.15) is 0 Å². The van der Waals surface area contributed by atoms with E-state index in [1.54, 1.807) is 0 Å². The largest absolute Gasteiger partial charge is 0.389 e. The van der Waals surface area contributed by atoms with Crippen LogP contribution in [0.2, 0.25) is 0 Å². The quantitative estimate of drug-likeness (QED) is 0.499. The monoisotopic (exact) mass is 111 g/mol. The zero-order chi connectivity index (χ0) is 5.98. The molecule has 0 radical (unpaired) electrons. The van der Waals surface area contributed by atoms with Gasteiger partial charge in [0.15, 0.2) is 0 Å². The summed E-state index contributed by atoms with van der Waals surface area (Å²) in [4.78, 5) is 0. The third-order valence-corrected chi connectivity index (χ3v) is 1.61. The number of hydrogen-bond donors (Lipinski definition) is 1. The maximum absolute atomic E-state index is 3.85. The Morgan fingerprint density at radius 2 is 2.50 bits per heavy atom. The van der Waals surface area contributed by atoms with E-state index in [1.807, 2.05) is 0 Å². The highest BCUT2D eigenvalue weighted by Gasteiger charge is 2.08. The molecule has 0 spiro atoms. The van der Waals surface area contributed by atoms with Gasteiger partial charge in [-0.1, -0.05) is 13.5 Å². The summed E-state index contributed by atoms with van der Waals surface area (Å²) in [6.45, 7) is 7.25. The minimum atomic E-state index is 0.851. The third kappa shape index (κ3) is 1.25. The topological polar surface area (TPSA) is 12.0 Å². The molecule has 1 unspecified atom stereocenters. The normalized spacial score (nSPS) is 29.6. The minimum absolute atomic E-state index is 0.851. The molecule has 1 fully saturated rings. The van der Waals surface area contributed by atoms with E-state index in [-0.39, 0.29) is 0 Å². The molecule has 1 aliphatic rings. The molecule has 1 saturated heterocycles. The molecule has 0 bridgehead atoms. The maximum atomic E-state index is 3.85. The molecular formula is C7H13N. The molecule has 1 aliphatic heterocycles. The lowest BCUT2D eigenvalue weighted by Crippen LogP contribution is -2.23. The molecule has 0 amide bonds. The van der Waals surface area contributed by atoms with E-state index < -0.39 is 0 Å². The second-order valence-electron chi connectivity index (χ2n) is 2.63. The molecule has 1 rings (SSSR count). The molecule has 1 N–H and O–H groups in total. The van der Waals surface area contributed by atoms with Crippen LogP contribution in [0.4, 0.5) is 0 Å². The van der Waals surface area contributed by atoms with Crippen LogP contribution in [0.3, 0.4) is 0 Å². The van der Waals surface area contributed by atoms with Crippen molar-refractivity contribution in [2.24, 2.45) is 5.92 Å². The fraction of sp³-hybridized carbons (Fsp3) is 0.714. The number of nitrogens with one attached hydrogen (secondary N) is 1. The van der Waals surface area contributed by atoms with Crippen LogP contribution in [0.5, 0.6) is 0 Å². The predicted octanol–water partition coefficient (Wildman–Crippen LogP) is 1.52. The van der Waals surface area contributed by atoms with Gasteiger partial charge >= 0.3 is 0 Å². The Morgan fingerprint density at radius 1 is 1.75 bits per heavy atom. The zero-order valence-electron chi connectivity index (χ0n) is 5.41. The van der Waals surface area contributed by atoms with Gasteiger partial charge in [-0.05, 0) is 18.8 Å². The smallest absolute Gasteiger partial charge is 0.0146 e. The van der Waals surface area contributed by atoms with Crippen LogP contribution in [-0.4, -0.2) is 6.54 Å². The Labute approximate surface area is 50.8 Å². The molecule has 1 heteroatoms. The van der Waals surface area contributed by atoms with Gasteiger partial charge in [-0.15, -0.1) is 0 Å². The van der Waals surface area contributed by atoms with Gasteiger partial charge in [0.2, 0.25) is 0 Å². The first kappa shape index (κ1) is 5.67. The summed E-state index contributed by atoms with van der Waals surface area (Å²) in [5, 5.41) is 3.22. The molecule has 0 aromatic carbocycles. The highest BCUT2D eigenvalue weighted by molar-refractivity contribution is 4.95. The molecule has 8 heavy (non-hydrogen) atoms. The van der Waals surface area contributed by atoms with Crippen LogP contribution in [0.15, 0.2) is 12.3 Å². The van der Waals surface area contributed by atoms with Gasteiger partial charge in [0.05, 0.1) is 0 Å². The number of hydrogen-bond acceptors (Lipinski definition) is 1. The lowest BCUT2D eigenvalue weighted by molar-refractivity contribution is 0.452. The van der Waals surface area contributed by atoms with Crippen molar-refractivity contribution in [3.8, 4) is 0 Å². The van der Waals surface area contributed by atoms with Crippen molar-refractivity contribution < 1.29 is 0 Å². The summed E-state index contributed by atoms with van der Waals surface area (Å²) >= 11 is 0. The average Bonchev–Trinajstić information content (AvgIpc) is 1.64. The molecule has 0 saturated carbocycles. The predicted molar refractivity (Wildman–Crippen MR) is 35.5 cm³/mol. The summed E-state index contributed by atoms with van der Waals surface area (Å²) in [6, 6.07) is 0. The van der Waals surface area contributed by atoms with E-state index in [1.165, 1.54) is 18.5 Å². The van der Waals surface area contributed by atoms with Gasteiger partial charge in [-0.2, -0.15) is 0 Å². The summed E-state index contributed by atoms with van der Waals surface area (Å²) in [6.07, 6.45) is 2.47. The average molecular weight is 111 g/mol. The van der Waals surface area contributed by atoms with E-state index >= 15 is 0 Å². The first-order valence-corrected chi connectivity index (χ1v) is 3.20. The first-order valence-electron chi connectivity index (χ1n) is 3.20. The Morgan fingerprint density at radius 3 is 2.88 bits per heavy atom. The minimum Gasteiger partial charge on any atom is -0.389 e. The molecule has 1 nitrogen and oxygen atoms in total. The van der Waals surface area contributed by atoms with Crippen molar-refractivity contribution in [3.05, 3.63) is 12.3 Å². The SMILES string of the molecule is C=C1CC(C)CCN1. The highest BCUT2D eigenvalue weighted by atomic mass is 14.9. The van der Waals surface area contributed by atoms with Crippen molar-refractivity contribution in [2.75, 3.05) is 6.54 Å². The van der Waals surface area contributed by atoms with E-state index in [2.05, 4.69) is 18.8 Å². The van der Waals surface area contributed by atoms with Crippen LogP contribution in [-0.2, 0) is 0 Å². The molecule has 46 valence electrons. The van der Waals surface area contributed by atoms with Crippen LogP contribution in [0.25, 0.3) is 0 Å². The van der Waals surface area contributed by atoms with Gasteiger partial charge < -0.3 is 5.32 Å². The van der Waals surface area contributed by atoms with Crippen molar-refractivity contribution in [3.63, 3.8) is 0 Å². The van der Waals surface area contributed by atoms with Gasteiger partial charge in [-0.25, -0.2) is 0 Å². The van der Waals surface area contributed by atoms with Crippen LogP contribution in [0, 0.1) is 5.92 Å². The van der Waals surface area contributed by atoms with E-state index in [0.29, 0.717) is 0 Å². The Hall–Kier alpha value is -0.460. The number of rotatable bonds is 0. The van der Waals surface area contributed by atoms with Gasteiger partial charge in [0, 0.05) is 12.2 Å². The van der Waals surface area contributed by atoms with Crippen molar-refractivity contribution in [1.29, 1.82) is 0 Å². The molecule has 1 atom stereocenters. The van der Waals surface area contributed by atoms with Crippen LogP contribution in [0.1, 0.15) is 19.8 Å². The second-order valence-corrected chi connectivity index (χ2v) is 2.63. The fourth-order valence-corrected chi connectivity index (χ4v) is 1.09. The van der Waals surface area contributed by atoms with E-state index in [0.717, 1.165) is 12.5 Å². The molecule has 0 aromatic rings. The van der Waals surface area contributed by atoms with Gasteiger partial charge in [-0.3, -0.25) is 0 Å². The van der Waals surface area contributed by atoms with Crippen molar-refractivity contribution in [1.82, 2.24) is 5.32 Å². The van der Waals surface area contributed by atoms with E-state index in [9.17, 15) is 0 Å². The number of allylic oxidation sites excluding steroid dienone is 1.